The Kier molecular flexibility index (Phi) is 2.95. The first-order valence-electron chi connectivity index (χ1n) is 5.59. The molecule has 2 aliphatic heterocycles. The molecular weight excluding hydrogens is 226 g/mol. The summed E-state index contributed by atoms with van der Waals surface area (Å²) in [6.45, 7) is 1.48. The second-order valence-electron chi connectivity index (χ2n) is 4.86. The lowest BCUT2D eigenvalue weighted by Gasteiger charge is -2.37. The Morgan fingerprint density at radius 2 is 2.00 bits per heavy atom. The SMILES string of the molecule is N#CC1(N)CCN(C2CCS(=O)(=O)C2)CC1. The minimum Gasteiger partial charge on any atom is -0.313 e. The van der Waals surface area contributed by atoms with Gasteiger partial charge in [0.2, 0.25) is 0 Å². The summed E-state index contributed by atoms with van der Waals surface area (Å²) in [5, 5.41) is 8.90. The largest absolute Gasteiger partial charge is 0.313 e. The van der Waals surface area contributed by atoms with E-state index >= 15 is 0 Å². The topological polar surface area (TPSA) is 87.2 Å². The van der Waals surface area contributed by atoms with E-state index in [9.17, 15) is 8.42 Å². The van der Waals surface area contributed by atoms with Crippen LogP contribution in [-0.2, 0) is 9.84 Å². The molecule has 2 saturated heterocycles. The molecule has 2 heterocycles. The number of rotatable bonds is 1. The van der Waals surface area contributed by atoms with E-state index in [1.165, 1.54) is 0 Å². The van der Waals surface area contributed by atoms with Gasteiger partial charge in [0.05, 0.1) is 17.6 Å². The van der Waals surface area contributed by atoms with Crippen LogP contribution in [0.25, 0.3) is 0 Å². The highest BCUT2D eigenvalue weighted by molar-refractivity contribution is 7.91. The van der Waals surface area contributed by atoms with E-state index < -0.39 is 15.4 Å². The van der Waals surface area contributed by atoms with Gasteiger partial charge in [0, 0.05) is 19.1 Å². The third kappa shape index (κ3) is 2.37. The van der Waals surface area contributed by atoms with Crippen molar-refractivity contribution in [1.82, 2.24) is 4.90 Å². The van der Waals surface area contributed by atoms with E-state index in [0.29, 0.717) is 18.6 Å². The molecule has 0 amide bonds. The van der Waals surface area contributed by atoms with Crippen molar-refractivity contribution in [2.24, 2.45) is 5.73 Å². The fraction of sp³-hybridized carbons (Fsp3) is 0.900. The molecule has 90 valence electrons. The van der Waals surface area contributed by atoms with Crippen LogP contribution in [0.4, 0.5) is 0 Å². The summed E-state index contributed by atoms with van der Waals surface area (Å²) < 4.78 is 22.7. The Morgan fingerprint density at radius 3 is 2.44 bits per heavy atom. The van der Waals surface area contributed by atoms with Crippen LogP contribution >= 0.6 is 0 Å². The van der Waals surface area contributed by atoms with Crippen LogP contribution in [0.15, 0.2) is 0 Å². The van der Waals surface area contributed by atoms with Gasteiger partial charge >= 0.3 is 0 Å². The molecule has 0 radical (unpaired) electrons. The summed E-state index contributed by atoms with van der Waals surface area (Å²) in [5.74, 6) is 0.581. The normalized spacial score (nSPS) is 33.4. The van der Waals surface area contributed by atoms with Gasteiger partial charge in [-0.05, 0) is 19.3 Å². The highest BCUT2D eigenvalue weighted by Crippen LogP contribution is 2.25. The molecule has 2 N–H and O–H groups in total. The summed E-state index contributed by atoms with van der Waals surface area (Å²) in [6, 6.07) is 2.29. The van der Waals surface area contributed by atoms with Crippen LogP contribution in [0.1, 0.15) is 19.3 Å². The van der Waals surface area contributed by atoms with Crippen LogP contribution in [0.5, 0.6) is 0 Å². The van der Waals surface area contributed by atoms with E-state index in [-0.39, 0.29) is 11.8 Å². The monoisotopic (exact) mass is 243 g/mol. The van der Waals surface area contributed by atoms with Crippen molar-refractivity contribution in [3.05, 3.63) is 0 Å². The molecule has 5 nitrogen and oxygen atoms in total. The summed E-state index contributed by atoms with van der Waals surface area (Å²) in [7, 11) is -2.82. The molecule has 0 aromatic rings. The Hall–Kier alpha value is -0.640. The van der Waals surface area contributed by atoms with Gasteiger partial charge < -0.3 is 5.73 Å². The molecule has 0 aliphatic carbocycles. The molecule has 0 bridgehead atoms. The molecule has 1 atom stereocenters. The zero-order valence-corrected chi connectivity index (χ0v) is 10.0. The fourth-order valence-corrected chi connectivity index (χ4v) is 4.22. The number of hydrogen-bond donors (Lipinski definition) is 1. The standard InChI is InChI=1S/C10H17N3O2S/c11-8-10(12)2-4-13(5-3-10)9-1-6-16(14,15)7-9/h9H,1-7,12H2. The molecule has 2 fully saturated rings. The van der Waals surface area contributed by atoms with Gasteiger partial charge in [-0.15, -0.1) is 0 Å². The van der Waals surface area contributed by atoms with E-state index in [1.54, 1.807) is 0 Å². The number of likely N-dealkylation sites (tertiary alicyclic amines) is 1. The van der Waals surface area contributed by atoms with E-state index in [0.717, 1.165) is 19.5 Å². The van der Waals surface area contributed by atoms with E-state index in [1.807, 2.05) is 0 Å². The second kappa shape index (κ2) is 3.99. The lowest BCUT2D eigenvalue weighted by molar-refractivity contribution is 0.147. The Morgan fingerprint density at radius 1 is 1.38 bits per heavy atom. The van der Waals surface area contributed by atoms with E-state index in [4.69, 9.17) is 11.0 Å². The molecule has 2 aliphatic rings. The first-order chi connectivity index (χ1) is 7.44. The van der Waals surface area contributed by atoms with Gasteiger partial charge in [0.1, 0.15) is 5.54 Å². The van der Waals surface area contributed by atoms with Gasteiger partial charge in [0.15, 0.2) is 9.84 Å². The van der Waals surface area contributed by atoms with Gasteiger partial charge in [0.25, 0.3) is 0 Å². The maximum absolute atomic E-state index is 11.4. The van der Waals surface area contributed by atoms with Crippen LogP contribution in [0.2, 0.25) is 0 Å². The average Bonchev–Trinajstić information content (AvgIpc) is 2.60. The van der Waals surface area contributed by atoms with Crippen LogP contribution in [0.3, 0.4) is 0 Å². The first kappa shape index (κ1) is 11.8. The van der Waals surface area contributed by atoms with Crippen molar-refractivity contribution in [3.8, 4) is 6.07 Å². The summed E-state index contributed by atoms with van der Waals surface area (Å²) in [4.78, 5) is 2.17. The van der Waals surface area contributed by atoms with Crippen molar-refractivity contribution >= 4 is 9.84 Å². The first-order valence-corrected chi connectivity index (χ1v) is 7.41. The number of hydrogen-bond acceptors (Lipinski definition) is 5. The van der Waals surface area contributed by atoms with Crippen molar-refractivity contribution < 1.29 is 8.42 Å². The zero-order chi connectivity index (χ0) is 11.8. The van der Waals surface area contributed by atoms with Gasteiger partial charge in [-0.2, -0.15) is 5.26 Å². The Balaban J connectivity index is 1.94. The number of nitriles is 1. The van der Waals surface area contributed by atoms with Crippen molar-refractivity contribution in [1.29, 1.82) is 5.26 Å². The van der Waals surface area contributed by atoms with Gasteiger partial charge in [-0.1, -0.05) is 0 Å². The lowest BCUT2D eigenvalue weighted by Crippen LogP contribution is -2.52. The Labute approximate surface area is 96.1 Å². The number of nitrogens with two attached hydrogens (primary N) is 1. The number of nitrogens with zero attached hydrogens (tertiary/aromatic N) is 2. The fourth-order valence-electron chi connectivity index (χ4n) is 2.46. The third-order valence-corrected chi connectivity index (χ3v) is 5.39. The number of piperidine rings is 1. The lowest BCUT2D eigenvalue weighted by atomic mass is 9.89. The van der Waals surface area contributed by atoms with Gasteiger partial charge in [-0.25, -0.2) is 8.42 Å². The summed E-state index contributed by atoms with van der Waals surface area (Å²) >= 11 is 0. The molecule has 0 saturated carbocycles. The predicted molar refractivity (Wildman–Crippen MR) is 60.4 cm³/mol. The molecule has 0 spiro atoms. The predicted octanol–water partition coefficient (Wildman–Crippen LogP) is -0.510. The van der Waals surface area contributed by atoms with Crippen molar-refractivity contribution in [2.45, 2.75) is 30.8 Å². The van der Waals surface area contributed by atoms with Crippen molar-refractivity contribution in [2.75, 3.05) is 24.6 Å². The maximum atomic E-state index is 11.4. The van der Waals surface area contributed by atoms with E-state index in [2.05, 4.69) is 11.0 Å². The molecule has 0 aromatic heterocycles. The molecule has 1 unspecified atom stereocenters. The molecule has 2 rings (SSSR count). The highest BCUT2D eigenvalue weighted by Gasteiger charge is 2.37. The molecular formula is C10H17N3O2S. The van der Waals surface area contributed by atoms with Crippen LogP contribution < -0.4 is 5.73 Å². The average molecular weight is 243 g/mol. The number of sulfone groups is 1. The van der Waals surface area contributed by atoms with Crippen LogP contribution in [-0.4, -0.2) is 49.5 Å². The third-order valence-electron chi connectivity index (χ3n) is 3.64. The van der Waals surface area contributed by atoms with Gasteiger partial charge in [-0.3, -0.25) is 4.90 Å². The minimum absolute atomic E-state index is 0.147. The second-order valence-corrected chi connectivity index (χ2v) is 7.09. The zero-order valence-electron chi connectivity index (χ0n) is 9.22. The Bertz CT molecular complexity index is 404. The minimum atomic E-state index is -2.82. The maximum Gasteiger partial charge on any atom is 0.151 e. The smallest absolute Gasteiger partial charge is 0.151 e. The highest BCUT2D eigenvalue weighted by atomic mass is 32.2. The quantitative estimate of drug-likeness (QED) is 0.670. The summed E-state index contributed by atoms with van der Waals surface area (Å²) in [6.07, 6.45) is 2.01. The van der Waals surface area contributed by atoms with Crippen LogP contribution in [0, 0.1) is 11.3 Å². The molecule has 6 heteroatoms. The van der Waals surface area contributed by atoms with Crippen molar-refractivity contribution in [3.63, 3.8) is 0 Å². The summed E-state index contributed by atoms with van der Waals surface area (Å²) in [5.41, 5.74) is 5.17. The molecule has 0 aromatic carbocycles. The molecule has 16 heavy (non-hydrogen) atoms.